The van der Waals surface area contributed by atoms with Crippen molar-refractivity contribution >= 4 is 0 Å². The monoisotopic (exact) mass is 311 g/mol. The van der Waals surface area contributed by atoms with E-state index >= 15 is 0 Å². The first kappa shape index (κ1) is 18.7. The molecule has 0 aliphatic rings. The Morgan fingerprint density at radius 1 is 1.09 bits per heavy atom. The van der Waals surface area contributed by atoms with Crippen LogP contribution in [0, 0.1) is 0 Å². The summed E-state index contributed by atoms with van der Waals surface area (Å²) in [6, 6.07) is 5.91. The van der Waals surface area contributed by atoms with Crippen LogP contribution in [-0.2, 0) is 11.3 Å². The first-order valence-corrected chi connectivity index (χ1v) is 7.54. The van der Waals surface area contributed by atoms with Crippen molar-refractivity contribution in [2.75, 3.05) is 41.0 Å². The van der Waals surface area contributed by atoms with Gasteiger partial charge in [-0.25, -0.2) is 0 Å². The average molecular weight is 311 g/mol. The zero-order chi connectivity index (χ0) is 16.6. The molecule has 0 aromatic heterocycles. The van der Waals surface area contributed by atoms with Crippen molar-refractivity contribution < 1.29 is 19.3 Å². The Bertz CT molecular complexity index is 443. The van der Waals surface area contributed by atoms with E-state index in [9.17, 15) is 5.11 Å². The fraction of sp³-hybridized carbons (Fsp3) is 0.647. The summed E-state index contributed by atoms with van der Waals surface area (Å²) in [5, 5.41) is 10.1. The van der Waals surface area contributed by atoms with Crippen LogP contribution in [0.2, 0.25) is 0 Å². The van der Waals surface area contributed by atoms with Gasteiger partial charge in [0.2, 0.25) is 0 Å². The average Bonchev–Trinajstić information content (AvgIpc) is 2.45. The van der Waals surface area contributed by atoms with E-state index in [4.69, 9.17) is 14.2 Å². The second-order valence-electron chi connectivity index (χ2n) is 6.06. The van der Waals surface area contributed by atoms with Gasteiger partial charge in [-0.2, -0.15) is 0 Å². The summed E-state index contributed by atoms with van der Waals surface area (Å²) in [6.07, 6.45) is 0.930. The maximum Gasteiger partial charge on any atom is 0.161 e. The Balaban J connectivity index is 2.78. The summed E-state index contributed by atoms with van der Waals surface area (Å²) >= 11 is 0. The molecule has 0 atom stereocenters. The molecule has 1 aromatic rings. The molecule has 0 bridgehead atoms. The van der Waals surface area contributed by atoms with Gasteiger partial charge in [0.05, 0.1) is 19.8 Å². The van der Waals surface area contributed by atoms with Crippen LogP contribution in [0.25, 0.3) is 0 Å². The lowest BCUT2D eigenvalue weighted by atomic mass is 10.1. The highest BCUT2D eigenvalue weighted by Gasteiger charge is 2.18. The van der Waals surface area contributed by atoms with Gasteiger partial charge in [-0.3, -0.25) is 4.90 Å². The Hall–Kier alpha value is -1.30. The third-order valence-electron chi connectivity index (χ3n) is 3.29. The van der Waals surface area contributed by atoms with Crippen LogP contribution >= 0.6 is 0 Å². The van der Waals surface area contributed by atoms with E-state index in [2.05, 4.69) is 4.90 Å². The van der Waals surface area contributed by atoms with Crippen LogP contribution in [-0.4, -0.2) is 56.6 Å². The number of benzene rings is 1. The lowest BCUT2D eigenvalue weighted by Gasteiger charge is -2.29. The van der Waals surface area contributed by atoms with Gasteiger partial charge >= 0.3 is 0 Å². The second kappa shape index (κ2) is 8.98. The number of ether oxygens (including phenoxy) is 3. The molecule has 126 valence electrons. The molecule has 0 saturated carbocycles. The molecular weight excluding hydrogens is 282 g/mol. The minimum atomic E-state index is -0.733. The van der Waals surface area contributed by atoms with Crippen molar-refractivity contribution in [1.29, 1.82) is 0 Å². The quantitative estimate of drug-likeness (QED) is 0.672. The summed E-state index contributed by atoms with van der Waals surface area (Å²) in [5.41, 5.74) is 0.392. The zero-order valence-corrected chi connectivity index (χ0v) is 14.4. The Morgan fingerprint density at radius 3 is 2.32 bits per heavy atom. The largest absolute Gasteiger partial charge is 0.493 e. The molecule has 1 rings (SSSR count). The summed E-state index contributed by atoms with van der Waals surface area (Å²) < 4.78 is 15.7. The molecule has 0 aliphatic heterocycles. The number of hydrogen-bond acceptors (Lipinski definition) is 5. The smallest absolute Gasteiger partial charge is 0.161 e. The third-order valence-corrected chi connectivity index (χ3v) is 3.29. The summed E-state index contributed by atoms with van der Waals surface area (Å²) in [5.74, 6) is 1.44. The SMILES string of the molecule is COCCCN(Cc1ccc(OC)c(OC)c1)CC(C)(C)O. The van der Waals surface area contributed by atoms with E-state index in [0.29, 0.717) is 13.2 Å². The van der Waals surface area contributed by atoms with E-state index in [1.165, 1.54) is 0 Å². The molecule has 1 aromatic carbocycles. The Labute approximate surface area is 133 Å². The molecule has 0 unspecified atom stereocenters. The molecule has 1 N–H and O–H groups in total. The van der Waals surface area contributed by atoms with Crippen LogP contribution in [0.1, 0.15) is 25.8 Å². The van der Waals surface area contributed by atoms with Gasteiger partial charge in [-0.1, -0.05) is 6.07 Å². The van der Waals surface area contributed by atoms with Crippen molar-refractivity contribution in [3.63, 3.8) is 0 Å². The molecule has 0 fully saturated rings. The van der Waals surface area contributed by atoms with Crippen molar-refractivity contribution in [1.82, 2.24) is 4.90 Å². The predicted molar refractivity (Wildman–Crippen MR) is 87.6 cm³/mol. The number of rotatable bonds is 10. The maximum absolute atomic E-state index is 10.1. The second-order valence-corrected chi connectivity index (χ2v) is 6.06. The van der Waals surface area contributed by atoms with E-state index in [-0.39, 0.29) is 0 Å². The molecule has 5 heteroatoms. The van der Waals surface area contributed by atoms with Crippen molar-refractivity contribution in [3.05, 3.63) is 23.8 Å². The van der Waals surface area contributed by atoms with E-state index < -0.39 is 5.60 Å². The van der Waals surface area contributed by atoms with Gasteiger partial charge in [0.1, 0.15) is 0 Å². The minimum Gasteiger partial charge on any atom is -0.493 e. The number of nitrogens with zero attached hydrogens (tertiary/aromatic N) is 1. The van der Waals surface area contributed by atoms with Crippen LogP contribution < -0.4 is 9.47 Å². The van der Waals surface area contributed by atoms with Crippen molar-refractivity contribution in [2.24, 2.45) is 0 Å². The maximum atomic E-state index is 10.1. The topological polar surface area (TPSA) is 51.2 Å². The summed E-state index contributed by atoms with van der Waals surface area (Å²) in [7, 11) is 4.96. The third kappa shape index (κ3) is 6.64. The number of hydrogen-bond donors (Lipinski definition) is 1. The fourth-order valence-electron chi connectivity index (χ4n) is 2.43. The first-order chi connectivity index (χ1) is 10.4. The highest BCUT2D eigenvalue weighted by Crippen LogP contribution is 2.28. The van der Waals surface area contributed by atoms with E-state index in [1.54, 1.807) is 21.3 Å². The molecule has 0 radical (unpaired) electrons. The van der Waals surface area contributed by atoms with Gasteiger partial charge in [-0.15, -0.1) is 0 Å². The molecule has 0 heterocycles. The number of methoxy groups -OCH3 is 3. The van der Waals surface area contributed by atoms with Gasteiger partial charge < -0.3 is 19.3 Å². The van der Waals surface area contributed by atoms with Gasteiger partial charge in [0.15, 0.2) is 11.5 Å². The normalized spacial score (nSPS) is 11.8. The Kier molecular flexibility index (Phi) is 7.65. The van der Waals surface area contributed by atoms with Crippen LogP contribution in [0.4, 0.5) is 0 Å². The highest BCUT2D eigenvalue weighted by molar-refractivity contribution is 5.42. The van der Waals surface area contributed by atoms with Crippen LogP contribution in [0.5, 0.6) is 11.5 Å². The van der Waals surface area contributed by atoms with Crippen LogP contribution in [0.15, 0.2) is 18.2 Å². The summed E-state index contributed by atoms with van der Waals surface area (Å²) in [4.78, 5) is 2.22. The lowest BCUT2D eigenvalue weighted by Crippen LogP contribution is -2.39. The molecule has 0 aliphatic carbocycles. The fourth-order valence-corrected chi connectivity index (χ4v) is 2.43. The first-order valence-electron chi connectivity index (χ1n) is 7.54. The molecule has 0 saturated heterocycles. The lowest BCUT2D eigenvalue weighted by molar-refractivity contribution is 0.0306. The molecule has 5 nitrogen and oxygen atoms in total. The predicted octanol–water partition coefficient (Wildman–Crippen LogP) is 2.31. The molecule has 0 amide bonds. The molecule has 22 heavy (non-hydrogen) atoms. The molecular formula is C17H29NO4. The van der Waals surface area contributed by atoms with Gasteiger partial charge in [-0.05, 0) is 38.0 Å². The van der Waals surface area contributed by atoms with E-state index in [1.807, 2.05) is 32.0 Å². The zero-order valence-electron chi connectivity index (χ0n) is 14.4. The number of aliphatic hydroxyl groups is 1. The van der Waals surface area contributed by atoms with Crippen molar-refractivity contribution in [2.45, 2.75) is 32.4 Å². The Morgan fingerprint density at radius 2 is 1.77 bits per heavy atom. The summed E-state index contributed by atoms with van der Waals surface area (Å²) in [6.45, 7) is 6.58. The van der Waals surface area contributed by atoms with Crippen LogP contribution in [0.3, 0.4) is 0 Å². The highest BCUT2D eigenvalue weighted by atomic mass is 16.5. The van der Waals surface area contributed by atoms with E-state index in [0.717, 1.165) is 36.6 Å². The minimum absolute atomic E-state index is 0.602. The van der Waals surface area contributed by atoms with Crippen molar-refractivity contribution in [3.8, 4) is 11.5 Å². The standard InChI is InChI=1S/C17H29NO4/c1-17(2,19)13-18(9-6-10-20-3)12-14-7-8-15(21-4)16(11-14)22-5/h7-8,11,19H,6,9-10,12-13H2,1-5H3. The molecule has 0 spiro atoms. The van der Waals surface area contributed by atoms with Gasteiger partial charge in [0, 0.05) is 33.4 Å². The van der Waals surface area contributed by atoms with Gasteiger partial charge in [0.25, 0.3) is 0 Å².